The van der Waals surface area contributed by atoms with Gasteiger partial charge in [-0.15, -0.1) is 0 Å². The molecule has 1 aliphatic carbocycles. The standard InChI is InChI=1S/C21H28N2/c1-23(2)20-15-13-19(14-16-20)22-21(17-9-5-3-6-10-17)18-11-7-4-8-12-18/h3-12,19-22H,13-16H2,1-2H3. The first kappa shape index (κ1) is 16.2. The van der Waals surface area contributed by atoms with Gasteiger partial charge in [0.15, 0.2) is 0 Å². The fourth-order valence-electron chi connectivity index (χ4n) is 3.67. The second-order valence-corrected chi connectivity index (χ2v) is 6.89. The van der Waals surface area contributed by atoms with Crippen LogP contribution in [0.15, 0.2) is 60.7 Å². The Morgan fingerprint density at radius 3 is 1.70 bits per heavy atom. The lowest BCUT2D eigenvalue weighted by atomic mass is 9.88. The topological polar surface area (TPSA) is 15.3 Å². The summed E-state index contributed by atoms with van der Waals surface area (Å²) >= 11 is 0. The van der Waals surface area contributed by atoms with Gasteiger partial charge in [0.05, 0.1) is 6.04 Å². The number of hydrogen-bond donors (Lipinski definition) is 1. The van der Waals surface area contributed by atoms with E-state index in [0.717, 1.165) is 6.04 Å². The van der Waals surface area contributed by atoms with E-state index in [1.165, 1.54) is 36.8 Å². The van der Waals surface area contributed by atoms with E-state index in [1.807, 2.05) is 0 Å². The van der Waals surface area contributed by atoms with E-state index in [4.69, 9.17) is 0 Å². The second-order valence-electron chi connectivity index (χ2n) is 6.89. The van der Waals surface area contributed by atoms with Crippen molar-refractivity contribution in [3.05, 3.63) is 71.8 Å². The van der Waals surface area contributed by atoms with Crippen LogP contribution in [0.4, 0.5) is 0 Å². The number of benzene rings is 2. The highest BCUT2D eigenvalue weighted by Gasteiger charge is 2.25. The maximum absolute atomic E-state index is 3.93. The van der Waals surface area contributed by atoms with Crippen LogP contribution in [0.25, 0.3) is 0 Å². The van der Waals surface area contributed by atoms with Crippen molar-refractivity contribution in [2.75, 3.05) is 14.1 Å². The zero-order valence-corrected chi connectivity index (χ0v) is 14.3. The van der Waals surface area contributed by atoms with Gasteiger partial charge in [-0.3, -0.25) is 0 Å². The molecule has 122 valence electrons. The number of nitrogens with zero attached hydrogens (tertiary/aromatic N) is 1. The van der Waals surface area contributed by atoms with Crippen LogP contribution in [0, 0.1) is 0 Å². The van der Waals surface area contributed by atoms with Gasteiger partial charge in [0.2, 0.25) is 0 Å². The van der Waals surface area contributed by atoms with Gasteiger partial charge in [0.1, 0.15) is 0 Å². The molecule has 1 saturated carbocycles. The molecular weight excluding hydrogens is 280 g/mol. The highest BCUT2D eigenvalue weighted by Crippen LogP contribution is 2.27. The Morgan fingerprint density at radius 2 is 1.26 bits per heavy atom. The molecule has 0 unspecified atom stereocenters. The van der Waals surface area contributed by atoms with Crippen LogP contribution >= 0.6 is 0 Å². The zero-order chi connectivity index (χ0) is 16.1. The molecule has 3 rings (SSSR count). The lowest BCUT2D eigenvalue weighted by Crippen LogP contribution is -2.41. The van der Waals surface area contributed by atoms with E-state index in [0.29, 0.717) is 12.1 Å². The summed E-state index contributed by atoms with van der Waals surface area (Å²) in [5.74, 6) is 0. The van der Waals surface area contributed by atoms with E-state index >= 15 is 0 Å². The lowest BCUT2D eigenvalue weighted by molar-refractivity contribution is 0.201. The van der Waals surface area contributed by atoms with Crippen molar-refractivity contribution in [3.63, 3.8) is 0 Å². The fraction of sp³-hybridized carbons (Fsp3) is 0.429. The Morgan fingerprint density at radius 1 is 0.783 bits per heavy atom. The van der Waals surface area contributed by atoms with E-state index in [9.17, 15) is 0 Å². The largest absolute Gasteiger partial charge is 0.306 e. The lowest BCUT2D eigenvalue weighted by Gasteiger charge is -2.35. The first-order valence-electron chi connectivity index (χ1n) is 8.76. The van der Waals surface area contributed by atoms with E-state index in [-0.39, 0.29) is 0 Å². The van der Waals surface area contributed by atoms with Crippen molar-refractivity contribution >= 4 is 0 Å². The Kier molecular flexibility index (Phi) is 5.47. The van der Waals surface area contributed by atoms with Crippen LogP contribution in [0.3, 0.4) is 0 Å². The van der Waals surface area contributed by atoms with Crippen molar-refractivity contribution in [1.82, 2.24) is 10.2 Å². The minimum absolute atomic E-state index is 0.290. The summed E-state index contributed by atoms with van der Waals surface area (Å²) in [5.41, 5.74) is 2.71. The minimum atomic E-state index is 0.290. The van der Waals surface area contributed by atoms with Gasteiger partial charge < -0.3 is 10.2 Å². The van der Waals surface area contributed by atoms with E-state index < -0.39 is 0 Å². The monoisotopic (exact) mass is 308 g/mol. The molecule has 1 aliphatic rings. The first-order valence-corrected chi connectivity index (χ1v) is 8.76. The van der Waals surface area contributed by atoms with Crippen molar-refractivity contribution < 1.29 is 0 Å². The normalized spacial score (nSPS) is 21.7. The van der Waals surface area contributed by atoms with Crippen molar-refractivity contribution in [3.8, 4) is 0 Å². The van der Waals surface area contributed by atoms with E-state index in [2.05, 4.69) is 85.0 Å². The third-order valence-corrected chi connectivity index (χ3v) is 5.10. The zero-order valence-electron chi connectivity index (χ0n) is 14.3. The molecule has 0 aromatic heterocycles. The van der Waals surface area contributed by atoms with Crippen LogP contribution in [0.5, 0.6) is 0 Å². The summed E-state index contributed by atoms with van der Waals surface area (Å²) in [5, 5.41) is 3.93. The molecule has 1 fully saturated rings. The molecule has 0 amide bonds. The smallest absolute Gasteiger partial charge is 0.0578 e. The highest BCUT2D eigenvalue weighted by molar-refractivity contribution is 5.31. The molecule has 0 radical (unpaired) electrons. The van der Waals surface area contributed by atoms with Crippen LogP contribution in [-0.4, -0.2) is 31.1 Å². The molecule has 0 bridgehead atoms. The minimum Gasteiger partial charge on any atom is -0.306 e. The quantitative estimate of drug-likeness (QED) is 0.889. The predicted octanol–water partition coefficient (Wildman–Crippen LogP) is 4.24. The van der Waals surface area contributed by atoms with E-state index in [1.54, 1.807) is 0 Å². The maximum Gasteiger partial charge on any atom is 0.0578 e. The third-order valence-electron chi connectivity index (χ3n) is 5.10. The third kappa shape index (κ3) is 4.21. The van der Waals surface area contributed by atoms with Crippen LogP contribution in [0.2, 0.25) is 0 Å². The van der Waals surface area contributed by atoms with Gasteiger partial charge >= 0.3 is 0 Å². The molecule has 2 aromatic rings. The molecule has 1 N–H and O–H groups in total. The van der Waals surface area contributed by atoms with Gasteiger partial charge in [0, 0.05) is 12.1 Å². The predicted molar refractivity (Wildman–Crippen MR) is 97.6 cm³/mol. The molecule has 2 heteroatoms. The second kappa shape index (κ2) is 7.76. The molecule has 2 nitrogen and oxygen atoms in total. The summed E-state index contributed by atoms with van der Waals surface area (Å²) in [7, 11) is 4.41. The van der Waals surface area contributed by atoms with Gasteiger partial charge in [-0.05, 0) is 50.9 Å². The van der Waals surface area contributed by atoms with Gasteiger partial charge in [0.25, 0.3) is 0 Å². The summed E-state index contributed by atoms with van der Waals surface area (Å²) in [6.07, 6.45) is 5.11. The van der Waals surface area contributed by atoms with Gasteiger partial charge in [-0.25, -0.2) is 0 Å². The van der Waals surface area contributed by atoms with Gasteiger partial charge in [-0.1, -0.05) is 60.7 Å². The molecule has 23 heavy (non-hydrogen) atoms. The van der Waals surface area contributed by atoms with Gasteiger partial charge in [-0.2, -0.15) is 0 Å². The molecule has 0 spiro atoms. The Labute approximate surface area is 140 Å². The molecule has 0 saturated heterocycles. The van der Waals surface area contributed by atoms with Crippen LogP contribution < -0.4 is 5.32 Å². The van der Waals surface area contributed by atoms with Crippen molar-refractivity contribution in [2.45, 2.75) is 43.8 Å². The molecule has 0 atom stereocenters. The summed E-state index contributed by atoms with van der Waals surface area (Å²) in [4.78, 5) is 2.38. The molecule has 0 aliphatic heterocycles. The highest BCUT2D eigenvalue weighted by atomic mass is 15.1. The van der Waals surface area contributed by atoms with Crippen molar-refractivity contribution in [1.29, 1.82) is 0 Å². The number of hydrogen-bond acceptors (Lipinski definition) is 2. The SMILES string of the molecule is CN(C)C1CCC(NC(c2ccccc2)c2ccccc2)CC1. The molecule has 2 aromatic carbocycles. The number of rotatable bonds is 5. The summed E-state index contributed by atoms with van der Waals surface area (Å²) in [6.45, 7) is 0. The Balaban J connectivity index is 1.73. The average Bonchev–Trinajstić information content (AvgIpc) is 2.61. The Bertz CT molecular complexity index is 532. The first-order chi connectivity index (χ1) is 11.2. The average molecular weight is 308 g/mol. The molecule has 0 heterocycles. The van der Waals surface area contributed by atoms with Crippen molar-refractivity contribution in [2.24, 2.45) is 0 Å². The fourth-order valence-corrected chi connectivity index (χ4v) is 3.67. The molecular formula is C21H28N2. The van der Waals surface area contributed by atoms with Crippen LogP contribution in [-0.2, 0) is 0 Å². The van der Waals surface area contributed by atoms with Crippen LogP contribution in [0.1, 0.15) is 42.9 Å². The maximum atomic E-state index is 3.93. The summed E-state index contributed by atoms with van der Waals surface area (Å²) < 4.78 is 0. The Hall–Kier alpha value is -1.64. The number of nitrogens with one attached hydrogen (secondary N) is 1. The summed E-state index contributed by atoms with van der Waals surface area (Å²) in [6, 6.07) is 23.3.